The van der Waals surface area contributed by atoms with Crippen molar-refractivity contribution in [3.05, 3.63) is 17.0 Å². The molecule has 0 aliphatic carbocycles. The summed E-state index contributed by atoms with van der Waals surface area (Å²) in [6.07, 6.45) is 0.836. The molecule has 1 aliphatic heterocycles. The number of amides is 3. The molecular formula is C17H30IN7O2. The van der Waals surface area contributed by atoms with E-state index in [1.807, 2.05) is 25.6 Å². The fraction of sp³-hybridized carbons (Fsp3) is 0.647. The van der Waals surface area contributed by atoms with Crippen molar-refractivity contribution in [1.29, 1.82) is 0 Å². The van der Waals surface area contributed by atoms with E-state index in [4.69, 9.17) is 0 Å². The number of aliphatic imine (C=N–C) groups is 1. The molecule has 0 radical (unpaired) electrons. The highest BCUT2D eigenvalue weighted by Crippen LogP contribution is 2.14. The Morgan fingerprint density at radius 1 is 1.37 bits per heavy atom. The van der Waals surface area contributed by atoms with Crippen LogP contribution in [0.3, 0.4) is 0 Å². The molecule has 3 N–H and O–H groups in total. The van der Waals surface area contributed by atoms with Gasteiger partial charge in [-0.2, -0.15) is 5.10 Å². The van der Waals surface area contributed by atoms with Crippen molar-refractivity contribution >= 4 is 41.9 Å². The molecule has 3 amide bonds. The lowest BCUT2D eigenvalue weighted by atomic mass is 10.1. The summed E-state index contributed by atoms with van der Waals surface area (Å²) >= 11 is 0. The van der Waals surface area contributed by atoms with E-state index in [2.05, 4.69) is 39.9 Å². The van der Waals surface area contributed by atoms with Gasteiger partial charge in [-0.25, -0.2) is 4.79 Å². The van der Waals surface area contributed by atoms with Gasteiger partial charge in [0.15, 0.2) is 5.96 Å². The third-order valence-electron chi connectivity index (χ3n) is 4.43. The van der Waals surface area contributed by atoms with Gasteiger partial charge >= 0.3 is 6.03 Å². The zero-order chi connectivity index (χ0) is 19.3. The fourth-order valence-electron chi connectivity index (χ4n) is 2.97. The van der Waals surface area contributed by atoms with E-state index in [-0.39, 0.29) is 55.0 Å². The number of carbonyl (C=O) groups is 2. The van der Waals surface area contributed by atoms with Crippen molar-refractivity contribution in [2.24, 2.45) is 12.0 Å². The number of aryl methyl sites for hydroxylation is 2. The lowest BCUT2D eigenvalue weighted by Crippen LogP contribution is -2.43. The smallest absolute Gasteiger partial charge is 0.324 e. The van der Waals surface area contributed by atoms with Crippen molar-refractivity contribution < 1.29 is 9.59 Å². The molecule has 0 bridgehead atoms. The van der Waals surface area contributed by atoms with Crippen molar-refractivity contribution in [3.8, 4) is 0 Å². The molecule has 0 spiro atoms. The molecule has 1 aromatic heterocycles. The maximum absolute atomic E-state index is 11.6. The highest BCUT2D eigenvalue weighted by atomic mass is 127. The number of urea groups is 1. The van der Waals surface area contributed by atoms with E-state index in [0.717, 1.165) is 24.4 Å². The van der Waals surface area contributed by atoms with Crippen LogP contribution in [0.4, 0.5) is 4.79 Å². The van der Waals surface area contributed by atoms with Crippen LogP contribution in [0.5, 0.6) is 0 Å². The summed E-state index contributed by atoms with van der Waals surface area (Å²) < 4.78 is 1.90. The summed E-state index contributed by atoms with van der Waals surface area (Å²) in [4.78, 5) is 28.8. The zero-order valence-corrected chi connectivity index (χ0v) is 19.0. The van der Waals surface area contributed by atoms with Crippen LogP contribution in [0.25, 0.3) is 0 Å². The number of carbonyl (C=O) groups excluding carboxylic acids is 2. The van der Waals surface area contributed by atoms with Gasteiger partial charge in [-0.1, -0.05) is 0 Å². The topological polar surface area (TPSA) is 104 Å². The van der Waals surface area contributed by atoms with Gasteiger partial charge in [0.05, 0.1) is 25.3 Å². The molecule has 0 saturated carbocycles. The Balaban J connectivity index is 0.00000364. The summed E-state index contributed by atoms with van der Waals surface area (Å²) in [6, 6.07) is -0.190. The van der Waals surface area contributed by atoms with E-state index < -0.39 is 0 Å². The van der Waals surface area contributed by atoms with Gasteiger partial charge in [-0.05, 0) is 39.7 Å². The molecule has 1 atom stereocenters. The second kappa shape index (κ2) is 10.5. The van der Waals surface area contributed by atoms with Gasteiger partial charge in [0.25, 0.3) is 0 Å². The van der Waals surface area contributed by atoms with Crippen LogP contribution in [0.2, 0.25) is 0 Å². The SMILES string of the molecule is CCNC(=NCCN1C(=O)CNC1=O)NC(C)Cc1c(C)nn(C)c1C.I. The number of guanidine groups is 1. The van der Waals surface area contributed by atoms with Crippen LogP contribution in [0.15, 0.2) is 4.99 Å². The predicted molar refractivity (Wildman–Crippen MR) is 115 cm³/mol. The lowest BCUT2D eigenvalue weighted by molar-refractivity contribution is -0.124. The minimum Gasteiger partial charge on any atom is -0.357 e. The second-order valence-electron chi connectivity index (χ2n) is 6.49. The molecule has 27 heavy (non-hydrogen) atoms. The maximum Gasteiger partial charge on any atom is 0.324 e. The summed E-state index contributed by atoms with van der Waals surface area (Å²) in [6.45, 7) is 9.60. The first-order valence-electron chi connectivity index (χ1n) is 8.95. The maximum atomic E-state index is 11.6. The first-order valence-corrected chi connectivity index (χ1v) is 8.95. The molecular weight excluding hydrogens is 461 g/mol. The average Bonchev–Trinajstić information content (AvgIpc) is 3.02. The van der Waals surface area contributed by atoms with Crippen LogP contribution in [-0.4, -0.2) is 64.8 Å². The third kappa shape index (κ3) is 6.08. The van der Waals surface area contributed by atoms with E-state index in [1.54, 1.807) is 0 Å². The highest BCUT2D eigenvalue weighted by Gasteiger charge is 2.27. The molecule has 1 fully saturated rings. The minimum atomic E-state index is -0.348. The van der Waals surface area contributed by atoms with Crippen LogP contribution in [-0.2, 0) is 18.3 Å². The van der Waals surface area contributed by atoms with E-state index >= 15 is 0 Å². The van der Waals surface area contributed by atoms with Crippen LogP contribution in [0, 0.1) is 13.8 Å². The molecule has 1 saturated heterocycles. The van der Waals surface area contributed by atoms with E-state index in [0.29, 0.717) is 12.5 Å². The van der Waals surface area contributed by atoms with Gasteiger partial charge in [0, 0.05) is 25.3 Å². The zero-order valence-electron chi connectivity index (χ0n) is 16.6. The Kier molecular flexibility index (Phi) is 9.00. The quantitative estimate of drug-likeness (QED) is 0.226. The molecule has 0 aromatic carbocycles. The average molecular weight is 491 g/mol. The fourth-order valence-corrected chi connectivity index (χ4v) is 2.97. The second-order valence-corrected chi connectivity index (χ2v) is 6.49. The van der Waals surface area contributed by atoms with Crippen molar-refractivity contribution in [2.75, 3.05) is 26.2 Å². The summed E-state index contributed by atoms with van der Waals surface area (Å²) in [5, 5.41) is 13.5. The molecule has 9 nitrogen and oxygen atoms in total. The lowest BCUT2D eigenvalue weighted by Gasteiger charge is -2.18. The van der Waals surface area contributed by atoms with E-state index in [1.165, 1.54) is 10.5 Å². The normalized spacial score (nSPS) is 15.4. The Morgan fingerprint density at radius 3 is 2.59 bits per heavy atom. The van der Waals surface area contributed by atoms with Crippen LogP contribution < -0.4 is 16.0 Å². The van der Waals surface area contributed by atoms with Crippen LogP contribution >= 0.6 is 24.0 Å². The number of halogens is 1. The van der Waals surface area contributed by atoms with Gasteiger partial charge in [-0.3, -0.25) is 19.4 Å². The third-order valence-corrected chi connectivity index (χ3v) is 4.43. The van der Waals surface area contributed by atoms with Gasteiger partial charge in [0.1, 0.15) is 0 Å². The molecule has 152 valence electrons. The number of aromatic nitrogens is 2. The Bertz CT molecular complexity index is 686. The highest BCUT2D eigenvalue weighted by molar-refractivity contribution is 14.0. The monoisotopic (exact) mass is 491 g/mol. The number of hydrogen-bond donors (Lipinski definition) is 3. The van der Waals surface area contributed by atoms with E-state index in [9.17, 15) is 9.59 Å². The molecule has 1 aliphatic rings. The van der Waals surface area contributed by atoms with Crippen molar-refractivity contribution in [2.45, 2.75) is 40.2 Å². The Hall–Kier alpha value is -1.85. The number of imide groups is 1. The number of rotatable bonds is 7. The van der Waals surface area contributed by atoms with Gasteiger partial charge < -0.3 is 16.0 Å². The predicted octanol–water partition coefficient (Wildman–Crippen LogP) is 0.693. The number of nitrogens with one attached hydrogen (secondary N) is 3. The first-order chi connectivity index (χ1) is 12.3. The summed E-state index contributed by atoms with van der Waals surface area (Å²) in [5.41, 5.74) is 3.44. The molecule has 1 unspecified atom stereocenters. The van der Waals surface area contributed by atoms with Crippen molar-refractivity contribution in [1.82, 2.24) is 30.6 Å². The van der Waals surface area contributed by atoms with Crippen molar-refractivity contribution in [3.63, 3.8) is 0 Å². The number of nitrogens with zero attached hydrogens (tertiary/aromatic N) is 4. The molecule has 1 aromatic rings. The van der Waals surface area contributed by atoms with Gasteiger partial charge in [-0.15, -0.1) is 24.0 Å². The van der Waals surface area contributed by atoms with Crippen LogP contribution in [0.1, 0.15) is 30.8 Å². The largest absolute Gasteiger partial charge is 0.357 e. The summed E-state index contributed by atoms with van der Waals surface area (Å²) in [5.74, 6) is 0.463. The standard InChI is InChI=1S/C17H29N7O2.HI/c1-6-18-16(19-7-8-24-15(25)10-20-17(24)26)21-11(2)9-14-12(3)22-23(5)13(14)4;/h11H,6-10H2,1-5H3,(H,20,26)(H2,18,19,21);1H. The molecule has 2 heterocycles. The number of hydrogen-bond acceptors (Lipinski definition) is 4. The molecule has 10 heteroatoms. The summed E-state index contributed by atoms with van der Waals surface area (Å²) in [7, 11) is 1.95. The molecule has 2 rings (SSSR count). The van der Waals surface area contributed by atoms with Gasteiger partial charge in [0.2, 0.25) is 5.91 Å². The first kappa shape index (κ1) is 23.2. The Labute approximate surface area is 177 Å². The minimum absolute atomic E-state index is 0. The Morgan fingerprint density at radius 2 is 2.07 bits per heavy atom.